The number of fused-ring (bicyclic) bond motifs is 3. The van der Waals surface area contributed by atoms with Crippen LogP contribution in [0.25, 0.3) is 33.1 Å². The number of ether oxygens (including phenoxy) is 4. The number of halogens is 1. The van der Waals surface area contributed by atoms with Crippen molar-refractivity contribution in [2.45, 2.75) is 115 Å². The van der Waals surface area contributed by atoms with Crippen molar-refractivity contribution in [1.82, 2.24) is 35.4 Å². The number of nitrogens with one attached hydrogen (secondary N) is 2. The Balaban J connectivity index is 1.14. The van der Waals surface area contributed by atoms with Gasteiger partial charge in [-0.25, -0.2) is 14.2 Å². The van der Waals surface area contributed by atoms with Gasteiger partial charge in [0, 0.05) is 35.0 Å². The number of methoxy groups -OCH3 is 1. The van der Waals surface area contributed by atoms with E-state index in [0.29, 0.717) is 61.5 Å². The number of nitrogens with zero attached hydrogens (tertiary/aromatic N) is 6. The summed E-state index contributed by atoms with van der Waals surface area (Å²) in [5.74, 6) is 0.0795. The Morgan fingerprint density at radius 2 is 1.85 bits per heavy atom. The molecule has 288 valence electrons. The van der Waals surface area contributed by atoms with Gasteiger partial charge in [0.2, 0.25) is 5.88 Å². The van der Waals surface area contributed by atoms with E-state index in [0.717, 1.165) is 79.9 Å². The third-order valence-electron chi connectivity index (χ3n) is 13.1. The number of aryl methyl sites for hydroxylation is 1. The van der Waals surface area contributed by atoms with Crippen LogP contribution >= 0.6 is 0 Å². The van der Waals surface area contributed by atoms with Crippen LogP contribution in [0.3, 0.4) is 0 Å². The van der Waals surface area contributed by atoms with Gasteiger partial charge in [0.25, 0.3) is 0 Å². The SMILES string of the molecule is COc1nc(-c2c(C)c(C)cc3[nH]ncc23)c(F)c2nc(OC[C@]34CCC[C@H]3N(C3C[C@@H](C)O[C@@H](C)C3)CCC4)nc(N3CCC[C@]4(CNC(=O)O4)C3)c12. The van der Waals surface area contributed by atoms with E-state index in [4.69, 9.17) is 33.9 Å². The van der Waals surface area contributed by atoms with Crippen LogP contribution in [0.4, 0.5) is 15.0 Å². The maximum atomic E-state index is 17.4. The number of piperidine rings is 2. The van der Waals surface area contributed by atoms with Gasteiger partial charge < -0.3 is 29.2 Å². The number of aromatic amines is 1. The number of hydrogen-bond donors (Lipinski definition) is 2. The van der Waals surface area contributed by atoms with Crippen molar-refractivity contribution in [2.75, 3.05) is 44.8 Å². The minimum atomic E-state index is -0.723. The van der Waals surface area contributed by atoms with E-state index in [2.05, 4.69) is 34.3 Å². The number of benzene rings is 1. The number of carbonyl (C=O) groups excluding carboxylic acids is 1. The summed E-state index contributed by atoms with van der Waals surface area (Å²) in [6.07, 6.45) is 10.8. The highest BCUT2D eigenvalue weighted by atomic mass is 19.1. The number of likely N-dealkylation sites (tertiary alicyclic amines) is 1. The molecule has 1 amide bonds. The average molecular weight is 743 g/mol. The molecule has 1 aliphatic carbocycles. The second-order valence-electron chi connectivity index (χ2n) is 16.6. The Morgan fingerprint density at radius 3 is 2.63 bits per heavy atom. The highest BCUT2D eigenvalue weighted by Gasteiger charge is 2.51. The summed E-state index contributed by atoms with van der Waals surface area (Å²) in [4.78, 5) is 31.8. The maximum absolute atomic E-state index is 17.4. The van der Waals surface area contributed by atoms with Crippen molar-refractivity contribution in [2.24, 2.45) is 5.41 Å². The number of alkyl carbamates (subject to hydrolysis) is 1. The maximum Gasteiger partial charge on any atom is 0.407 e. The van der Waals surface area contributed by atoms with Crippen molar-refractivity contribution in [3.8, 4) is 23.1 Å². The average Bonchev–Trinajstić information content (AvgIpc) is 3.90. The third-order valence-corrected chi connectivity index (χ3v) is 13.1. The molecule has 14 heteroatoms. The molecule has 5 fully saturated rings. The molecule has 1 saturated carbocycles. The molecule has 1 spiro atoms. The van der Waals surface area contributed by atoms with Gasteiger partial charge in [-0.2, -0.15) is 15.1 Å². The molecular formula is C40H51FN8O5. The van der Waals surface area contributed by atoms with Crippen LogP contribution in [0.15, 0.2) is 12.3 Å². The molecule has 0 radical (unpaired) electrons. The van der Waals surface area contributed by atoms with Gasteiger partial charge in [0.15, 0.2) is 5.82 Å². The number of anilines is 1. The lowest BCUT2D eigenvalue weighted by Crippen LogP contribution is -2.57. The summed E-state index contributed by atoms with van der Waals surface area (Å²) in [6, 6.07) is 3.01. The summed E-state index contributed by atoms with van der Waals surface area (Å²) < 4.78 is 42.1. The Morgan fingerprint density at radius 1 is 1.06 bits per heavy atom. The Bertz CT molecular complexity index is 2100. The summed E-state index contributed by atoms with van der Waals surface area (Å²) >= 11 is 0. The predicted octanol–water partition coefficient (Wildman–Crippen LogP) is 6.38. The van der Waals surface area contributed by atoms with Gasteiger partial charge in [0.1, 0.15) is 28.0 Å². The van der Waals surface area contributed by atoms with Crippen LogP contribution in [0.1, 0.15) is 82.8 Å². The highest BCUT2D eigenvalue weighted by molar-refractivity contribution is 6.01. The van der Waals surface area contributed by atoms with Crippen LogP contribution in [-0.4, -0.2) is 106 Å². The Hall–Kier alpha value is -4.30. The van der Waals surface area contributed by atoms with Crippen LogP contribution < -0.4 is 19.7 Å². The topological polar surface area (TPSA) is 140 Å². The standard InChI is InChI=1S/C40H51FN8O5/c1-22-15-28-27(18-43-47-28)30(25(22)4)33-32(41)34-31(36(44-33)51-5)35(48-13-8-12-40(20-48)19-42-38(50)54-40)46-37(45-34)52-21-39-10-6-9-29(39)49(14-7-11-39)26-16-23(2)53-24(3)17-26/h15,18,23-24,26,29H,6-14,16-17,19-21H2,1-5H3,(H,42,50)(H,43,47)/t23-,24+,26?,29-,39-,40+/m1/s1. The first-order valence-electron chi connectivity index (χ1n) is 19.7. The molecule has 13 nitrogen and oxygen atoms in total. The van der Waals surface area contributed by atoms with Crippen molar-refractivity contribution in [1.29, 1.82) is 0 Å². The fraction of sp³-hybridized carbons (Fsp3) is 0.625. The van der Waals surface area contributed by atoms with Crippen molar-refractivity contribution < 1.29 is 28.1 Å². The molecule has 2 N–H and O–H groups in total. The van der Waals surface area contributed by atoms with E-state index < -0.39 is 17.5 Å². The van der Waals surface area contributed by atoms with Gasteiger partial charge in [-0.1, -0.05) is 6.42 Å². The van der Waals surface area contributed by atoms with E-state index in [1.54, 1.807) is 6.20 Å². The van der Waals surface area contributed by atoms with Crippen molar-refractivity contribution >= 4 is 33.7 Å². The van der Waals surface area contributed by atoms with E-state index in [1.807, 2.05) is 24.8 Å². The molecule has 7 heterocycles. The first kappa shape index (κ1) is 35.4. The minimum Gasteiger partial charge on any atom is -0.480 e. The van der Waals surface area contributed by atoms with Crippen LogP contribution in [0, 0.1) is 25.1 Å². The third kappa shape index (κ3) is 5.91. The molecule has 54 heavy (non-hydrogen) atoms. The summed E-state index contributed by atoms with van der Waals surface area (Å²) in [7, 11) is 1.53. The number of amides is 1. The second kappa shape index (κ2) is 13.5. The zero-order chi connectivity index (χ0) is 37.4. The number of pyridine rings is 1. The van der Waals surface area contributed by atoms with Gasteiger partial charge in [0.05, 0.1) is 50.7 Å². The lowest BCUT2D eigenvalue weighted by atomic mass is 9.74. The molecule has 9 rings (SSSR count). The normalized spacial score (nSPS) is 30.2. The molecule has 1 aromatic carbocycles. The van der Waals surface area contributed by atoms with Gasteiger partial charge >= 0.3 is 12.1 Å². The highest BCUT2D eigenvalue weighted by Crippen LogP contribution is 2.50. The van der Waals surface area contributed by atoms with Crippen LogP contribution in [-0.2, 0) is 9.47 Å². The van der Waals surface area contributed by atoms with Gasteiger partial charge in [-0.3, -0.25) is 10.00 Å². The Labute approximate surface area is 314 Å². The number of carbonyl (C=O) groups is 1. The number of H-pyrrole nitrogens is 1. The zero-order valence-corrected chi connectivity index (χ0v) is 32.0. The number of aromatic nitrogens is 5. The van der Waals surface area contributed by atoms with Crippen molar-refractivity contribution in [3.05, 3.63) is 29.2 Å². The first-order chi connectivity index (χ1) is 26.1. The van der Waals surface area contributed by atoms with Crippen LogP contribution in [0.2, 0.25) is 0 Å². The lowest BCUT2D eigenvalue weighted by Gasteiger charge is -2.51. The Kier molecular flexibility index (Phi) is 8.83. The van der Waals surface area contributed by atoms with Gasteiger partial charge in [-0.05, 0) is 103 Å². The predicted molar refractivity (Wildman–Crippen MR) is 202 cm³/mol. The molecular weight excluding hydrogens is 691 g/mol. The van der Waals surface area contributed by atoms with E-state index >= 15 is 4.39 Å². The summed E-state index contributed by atoms with van der Waals surface area (Å²) in [6.45, 7) is 11.3. The zero-order valence-electron chi connectivity index (χ0n) is 32.0. The van der Waals surface area contributed by atoms with E-state index in [9.17, 15) is 4.79 Å². The second-order valence-corrected chi connectivity index (χ2v) is 16.6. The lowest BCUT2D eigenvalue weighted by molar-refractivity contribution is -0.0967. The van der Waals surface area contributed by atoms with Gasteiger partial charge in [-0.15, -0.1) is 0 Å². The van der Waals surface area contributed by atoms with E-state index in [-0.39, 0.29) is 40.7 Å². The summed E-state index contributed by atoms with van der Waals surface area (Å²) in [5, 5.41) is 11.2. The quantitative estimate of drug-likeness (QED) is 0.218. The summed E-state index contributed by atoms with van der Waals surface area (Å²) in [5.41, 5.74) is 2.71. The fourth-order valence-corrected chi connectivity index (χ4v) is 10.6. The molecule has 4 aliphatic heterocycles. The fourth-order valence-electron chi connectivity index (χ4n) is 10.6. The first-order valence-corrected chi connectivity index (χ1v) is 19.7. The molecule has 4 aromatic rings. The minimum absolute atomic E-state index is 0.0500. The molecule has 3 aromatic heterocycles. The molecule has 0 bridgehead atoms. The van der Waals surface area contributed by atoms with Crippen LogP contribution in [0.5, 0.6) is 11.9 Å². The van der Waals surface area contributed by atoms with E-state index in [1.165, 1.54) is 7.11 Å². The largest absolute Gasteiger partial charge is 0.480 e. The smallest absolute Gasteiger partial charge is 0.407 e. The monoisotopic (exact) mass is 742 g/mol. The molecule has 5 aliphatic rings. The van der Waals surface area contributed by atoms with Crippen molar-refractivity contribution in [3.63, 3.8) is 0 Å². The molecule has 4 saturated heterocycles. The number of hydrogen-bond acceptors (Lipinski definition) is 11. The number of rotatable bonds is 7. The molecule has 6 atom stereocenters. The molecule has 1 unspecified atom stereocenters.